The quantitative estimate of drug-likeness (QED) is 0.411. The zero-order valence-corrected chi connectivity index (χ0v) is 21.2. The van der Waals surface area contributed by atoms with E-state index < -0.39 is 8.32 Å². The van der Waals surface area contributed by atoms with Crippen LogP contribution in [-0.4, -0.2) is 40.1 Å². The topological polar surface area (TPSA) is 52.4 Å². The van der Waals surface area contributed by atoms with E-state index in [2.05, 4.69) is 43.8 Å². The molecule has 4 aliphatic rings. The number of hydrogen-bond donors (Lipinski definition) is 0. The lowest BCUT2D eigenvalue weighted by molar-refractivity contribution is -0.0720. The summed E-state index contributed by atoms with van der Waals surface area (Å²) in [5.74, 6) is 2.62. The minimum atomic E-state index is -1.50. The molecule has 0 bridgehead atoms. The summed E-state index contributed by atoms with van der Waals surface area (Å²) in [5, 5.41) is 9.14. The molecule has 0 aromatic carbocycles. The normalized spacial score (nSPS) is 46.3. The molecule has 4 rings (SSSR count). The highest BCUT2D eigenvalue weighted by molar-refractivity contribution is 6.69. The van der Waals surface area contributed by atoms with Crippen LogP contribution in [-0.2, 0) is 14.1 Å². The summed E-state index contributed by atoms with van der Waals surface area (Å²) in [6, 6.07) is 0. The lowest BCUT2D eigenvalue weighted by Gasteiger charge is -2.60. The van der Waals surface area contributed by atoms with Gasteiger partial charge in [-0.2, -0.15) is 0 Å². The molecule has 7 atom stereocenters. The Balaban J connectivity index is 1.64. The number of nitrogens with zero attached hydrogens (tertiary/aromatic N) is 2. The van der Waals surface area contributed by atoms with Crippen LogP contribution in [0, 0.1) is 34.5 Å². The van der Waals surface area contributed by atoms with Gasteiger partial charge in [-0.15, -0.1) is 0 Å². The van der Waals surface area contributed by atoms with E-state index in [4.69, 9.17) is 14.1 Å². The Morgan fingerprint density at radius 2 is 1.70 bits per heavy atom. The lowest BCUT2D eigenvalue weighted by Crippen LogP contribution is -2.58. The van der Waals surface area contributed by atoms with Crippen molar-refractivity contribution in [1.82, 2.24) is 0 Å². The number of oxime groups is 2. The molecule has 0 saturated heterocycles. The molecule has 4 aliphatic carbocycles. The first-order chi connectivity index (χ1) is 14.1. The van der Waals surface area contributed by atoms with Gasteiger partial charge in [0.15, 0.2) is 8.32 Å². The van der Waals surface area contributed by atoms with Crippen LogP contribution >= 0.6 is 0 Å². The summed E-state index contributed by atoms with van der Waals surface area (Å²) in [5.41, 5.74) is 2.89. The summed E-state index contributed by atoms with van der Waals surface area (Å²) in [6.45, 7) is 11.9. The number of rotatable bonds is 4. The van der Waals surface area contributed by atoms with Gasteiger partial charge in [0.1, 0.15) is 14.2 Å². The van der Waals surface area contributed by atoms with Gasteiger partial charge >= 0.3 is 0 Å². The van der Waals surface area contributed by atoms with E-state index in [9.17, 15) is 0 Å². The van der Waals surface area contributed by atoms with Crippen LogP contribution in [0.2, 0.25) is 19.6 Å². The molecule has 0 heterocycles. The Morgan fingerprint density at radius 3 is 2.37 bits per heavy atom. The molecule has 3 unspecified atom stereocenters. The predicted molar refractivity (Wildman–Crippen MR) is 124 cm³/mol. The molecule has 0 amide bonds. The Bertz CT molecular complexity index is 718. The average Bonchev–Trinajstić information content (AvgIpc) is 2.97. The molecule has 0 spiro atoms. The maximum Gasteiger partial charge on any atom is 0.184 e. The summed E-state index contributed by atoms with van der Waals surface area (Å²) >= 11 is 0. The van der Waals surface area contributed by atoms with Crippen molar-refractivity contribution >= 4 is 19.7 Å². The van der Waals surface area contributed by atoms with Gasteiger partial charge < -0.3 is 14.1 Å². The van der Waals surface area contributed by atoms with Gasteiger partial charge in [-0.3, -0.25) is 0 Å². The van der Waals surface area contributed by atoms with Gasteiger partial charge in [0.25, 0.3) is 0 Å². The second kappa shape index (κ2) is 7.91. The van der Waals surface area contributed by atoms with Crippen molar-refractivity contribution in [3.63, 3.8) is 0 Å². The van der Waals surface area contributed by atoms with E-state index in [1.54, 1.807) is 14.2 Å². The molecule has 0 aliphatic heterocycles. The maximum atomic E-state index is 6.56. The van der Waals surface area contributed by atoms with Gasteiger partial charge in [0, 0.05) is 23.9 Å². The highest BCUT2D eigenvalue weighted by atomic mass is 28.4. The molecule has 0 aromatic rings. The first kappa shape index (κ1) is 22.3. The highest BCUT2D eigenvalue weighted by Gasteiger charge is 2.62. The average molecular weight is 435 g/mol. The SMILES string of the molecule is CON=C1C[C@]2(C)C(=NOC)CCC2C2CC[C@@H]3C[C@H](O[Si](C)(C)C)CC[C@]3(C)C12. The molecular formula is C24H42N2O3Si. The summed E-state index contributed by atoms with van der Waals surface area (Å²) in [4.78, 5) is 10.7. The van der Waals surface area contributed by atoms with Crippen molar-refractivity contribution in [3.05, 3.63) is 0 Å². The zero-order chi connectivity index (χ0) is 21.7. The number of fused-ring (bicyclic) bond motifs is 5. The largest absolute Gasteiger partial charge is 0.415 e. The minimum Gasteiger partial charge on any atom is -0.415 e. The second-order valence-corrected chi connectivity index (χ2v) is 16.2. The molecule has 4 fully saturated rings. The maximum absolute atomic E-state index is 6.56. The second-order valence-electron chi connectivity index (χ2n) is 11.8. The Morgan fingerprint density at radius 1 is 0.967 bits per heavy atom. The molecule has 170 valence electrons. The molecule has 0 radical (unpaired) electrons. The van der Waals surface area contributed by atoms with Crippen molar-refractivity contribution in [2.75, 3.05) is 14.2 Å². The van der Waals surface area contributed by atoms with Gasteiger partial charge in [-0.25, -0.2) is 0 Å². The first-order valence-corrected chi connectivity index (χ1v) is 15.4. The van der Waals surface area contributed by atoms with Crippen molar-refractivity contribution in [1.29, 1.82) is 0 Å². The van der Waals surface area contributed by atoms with Crippen molar-refractivity contribution in [2.24, 2.45) is 44.8 Å². The van der Waals surface area contributed by atoms with E-state index in [0.29, 0.717) is 29.3 Å². The third-order valence-electron chi connectivity index (χ3n) is 9.00. The third kappa shape index (κ3) is 3.66. The van der Waals surface area contributed by atoms with Crippen molar-refractivity contribution < 1.29 is 14.1 Å². The van der Waals surface area contributed by atoms with Crippen LogP contribution < -0.4 is 0 Å². The van der Waals surface area contributed by atoms with E-state index in [0.717, 1.165) is 18.8 Å². The van der Waals surface area contributed by atoms with Crippen LogP contribution in [0.15, 0.2) is 10.3 Å². The number of hydrogen-bond acceptors (Lipinski definition) is 5. The van der Waals surface area contributed by atoms with E-state index in [1.165, 1.54) is 49.9 Å². The van der Waals surface area contributed by atoms with Gasteiger partial charge in [-0.1, -0.05) is 24.2 Å². The molecule has 5 nitrogen and oxygen atoms in total. The predicted octanol–water partition coefficient (Wildman–Crippen LogP) is 5.86. The third-order valence-corrected chi connectivity index (χ3v) is 10.0. The van der Waals surface area contributed by atoms with Crippen LogP contribution in [0.25, 0.3) is 0 Å². The van der Waals surface area contributed by atoms with Crippen LogP contribution in [0.5, 0.6) is 0 Å². The van der Waals surface area contributed by atoms with Crippen molar-refractivity contribution in [3.8, 4) is 0 Å². The molecule has 4 saturated carbocycles. The first-order valence-electron chi connectivity index (χ1n) is 12.0. The van der Waals surface area contributed by atoms with E-state index >= 15 is 0 Å². The Hall–Kier alpha value is -0.883. The van der Waals surface area contributed by atoms with E-state index in [-0.39, 0.29) is 5.41 Å². The van der Waals surface area contributed by atoms with Crippen LogP contribution in [0.3, 0.4) is 0 Å². The monoisotopic (exact) mass is 434 g/mol. The fourth-order valence-corrected chi connectivity index (χ4v) is 9.15. The van der Waals surface area contributed by atoms with Crippen LogP contribution in [0.1, 0.15) is 65.2 Å². The van der Waals surface area contributed by atoms with Gasteiger partial charge in [0.2, 0.25) is 0 Å². The molecule has 0 aromatic heterocycles. The van der Waals surface area contributed by atoms with E-state index in [1.807, 2.05) is 0 Å². The summed E-state index contributed by atoms with van der Waals surface area (Å²) < 4.78 is 6.56. The molecule has 6 heteroatoms. The fraction of sp³-hybridized carbons (Fsp3) is 0.917. The van der Waals surface area contributed by atoms with Crippen LogP contribution in [0.4, 0.5) is 0 Å². The molecular weight excluding hydrogens is 392 g/mol. The van der Waals surface area contributed by atoms with Gasteiger partial charge in [0.05, 0.1) is 11.4 Å². The smallest absolute Gasteiger partial charge is 0.184 e. The van der Waals surface area contributed by atoms with Gasteiger partial charge in [-0.05, 0) is 87.8 Å². The standard InChI is InChI=1S/C24H42N2O3Si/c1-23-13-12-17(29-30(5,6)7)14-16(23)8-9-18-19-10-11-21(26-28-4)24(19,2)15-20(22(18)23)25-27-3/h16-19,22H,8-15H2,1-7H3/t16-,17-,18?,19?,22?,23+,24+/m1/s1. The zero-order valence-electron chi connectivity index (χ0n) is 20.2. The minimum absolute atomic E-state index is 0.0654. The van der Waals surface area contributed by atoms with Crippen molar-refractivity contribution in [2.45, 2.75) is 91.0 Å². The highest BCUT2D eigenvalue weighted by Crippen LogP contribution is 2.65. The fourth-order valence-electron chi connectivity index (χ4n) is 7.94. The summed E-state index contributed by atoms with van der Waals surface area (Å²) in [6.07, 6.45) is 10.0. The summed E-state index contributed by atoms with van der Waals surface area (Å²) in [7, 11) is 1.88. The lowest BCUT2D eigenvalue weighted by atomic mass is 9.44. The molecule has 0 N–H and O–H groups in total. The Kier molecular flexibility index (Phi) is 5.89. The molecule has 30 heavy (non-hydrogen) atoms. The Labute approximate surface area is 184 Å².